The van der Waals surface area contributed by atoms with E-state index in [1.54, 1.807) is 6.20 Å². The summed E-state index contributed by atoms with van der Waals surface area (Å²) in [6.07, 6.45) is 7.04. The van der Waals surface area contributed by atoms with E-state index in [4.69, 9.17) is 4.74 Å². The molecule has 2 saturated heterocycles. The summed E-state index contributed by atoms with van der Waals surface area (Å²) in [5.74, 6) is 1.44. The summed E-state index contributed by atoms with van der Waals surface area (Å²) in [5, 5.41) is 0. The van der Waals surface area contributed by atoms with Gasteiger partial charge in [-0.25, -0.2) is 0 Å². The number of piperidine rings is 1. The van der Waals surface area contributed by atoms with Crippen LogP contribution in [0.25, 0.3) is 0 Å². The molecule has 3 rings (SSSR count). The van der Waals surface area contributed by atoms with Gasteiger partial charge in [0, 0.05) is 18.2 Å². The Morgan fingerprint density at radius 2 is 2.12 bits per heavy atom. The summed E-state index contributed by atoms with van der Waals surface area (Å²) in [5.41, 5.74) is 0.333. The lowest BCUT2D eigenvalue weighted by atomic mass is 9.62. The number of nitrogens with zero attached hydrogens (tertiary/aromatic N) is 2. The molecule has 26 heavy (non-hydrogen) atoms. The Labute approximate surface area is 158 Å². The van der Waals surface area contributed by atoms with Crippen molar-refractivity contribution in [2.45, 2.75) is 59.0 Å². The first-order chi connectivity index (χ1) is 12.5. The maximum absolute atomic E-state index is 13.5. The molecule has 0 amide bonds. The topological polar surface area (TPSA) is 42.4 Å². The maximum Gasteiger partial charge on any atom is 0.187 e. The van der Waals surface area contributed by atoms with Gasteiger partial charge in [-0.05, 0) is 82.6 Å². The van der Waals surface area contributed by atoms with Crippen molar-refractivity contribution in [1.29, 1.82) is 0 Å². The fraction of sp³-hybridized carbons (Fsp3) is 0.727. The highest BCUT2D eigenvalue weighted by molar-refractivity contribution is 5.99. The molecule has 0 radical (unpaired) electrons. The molecule has 0 unspecified atom stereocenters. The fourth-order valence-corrected chi connectivity index (χ4v) is 4.78. The van der Waals surface area contributed by atoms with Crippen molar-refractivity contribution in [3.63, 3.8) is 0 Å². The minimum Gasteiger partial charge on any atom is -0.378 e. The van der Waals surface area contributed by atoms with Crippen LogP contribution in [0.4, 0.5) is 0 Å². The highest BCUT2D eigenvalue weighted by atomic mass is 16.5. The third kappa shape index (κ3) is 4.34. The van der Waals surface area contributed by atoms with Gasteiger partial charge in [-0.1, -0.05) is 19.9 Å². The number of Topliss-reactive ketones (excluding diaryl/α,β-unsaturated/α-hetero) is 1. The van der Waals surface area contributed by atoms with Crippen molar-refractivity contribution in [2.24, 2.45) is 17.3 Å². The van der Waals surface area contributed by atoms with Gasteiger partial charge in [0.25, 0.3) is 0 Å². The number of carbonyl (C=O) groups is 1. The number of hydrogen-bond donors (Lipinski definition) is 0. The number of carbonyl (C=O) groups excluding carboxylic acids is 1. The van der Waals surface area contributed by atoms with Crippen LogP contribution in [-0.4, -0.2) is 48.0 Å². The third-order valence-electron chi connectivity index (χ3n) is 6.34. The highest BCUT2D eigenvalue weighted by Crippen LogP contribution is 2.47. The van der Waals surface area contributed by atoms with Crippen molar-refractivity contribution in [2.75, 3.05) is 26.2 Å². The Morgan fingerprint density at radius 3 is 2.73 bits per heavy atom. The molecular formula is C22H34N2O2. The van der Waals surface area contributed by atoms with Crippen molar-refractivity contribution in [1.82, 2.24) is 9.88 Å². The van der Waals surface area contributed by atoms with E-state index in [0.29, 0.717) is 18.2 Å². The van der Waals surface area contributed by atoms with E-state index in [2.05, 4.69) is 30.7 Å². The Kier molecular flexibility index (Phi) is 6.46. The summed E-state index contributed by atoms with van der Waals surface area (Å²) in [6, 6.07) is 5.68. The highest BCUT2D eigenvalue weighted by Gasteiger charge is 2.49. The summed E-state index contributed by atoms with van der Waals surface area (Å²) >= 11 is 0. The van der Waals surface area contributed by atoms with Gasteiger partial charge < -0.3 is 9.64 Å². The van der Waals surface area contributed by atoms with Crippen LogP contribution in [-0.2, 0) is 4.74 Å². The van der Waals surface area contributed by atoms with Gasteiger partial charge in [0.1, 0.15) is 5.69 Å². The molecule has 4 heteroatoms. The van der Waals surface area contributed by atoms with Crippen molar-refractivity contribution < 1.29 is 9.53 Å². The van der Waals surface area contributed by atoms with Gasteiger partial charge >= 0.3 is 0 Å². The lowest BCUT2D eigenvalue weighted by Crippen LogP contribution is -2.50. The van der Waals surface area contributed by atoms with Crippen LogP contribution in [0.5, 0.6) is 0 Å². The summed E-state index contributed by atoms with van der Waals surface area (Å²) in [6.45, 7) is 10.8. The lowest BCUT2D eigenvalue weighted by Gasteiger charge is -2.47. The van der Waals surface area contributed by atoms with E-state index < -0.39 is 0 Å². The van der Waals surface area contributed by atoms with Gasteiger partial charge in [0.15, 0.2) is 5.78 Å². The second kappa shape index (κ2) is 8.62. The Morgan fingerprint density at radius 1 is 1.35 bits per heavy atom. The predicted octanol–water partition coefficient (Wildman–Crippen LogP) is 4.21. The van der Waals surface area contributed by atoms with E-state index in [1.807, 2.05) is 18.2 Å². The van der Waals surface area contributed by atoms with Crippen LogP contribution >= 0.6 is 0 Å². The number of likely N-dealkylation sites (tertiary alicyclic amines) is 1. The average Bonchev–Trinajstić information content (AvgIpc) is 2.66. The molecule has 2 fully saturated rings. The van der Waals surface area contributed by atoms with Crippen molar-refractivity contribution in [3.8, 4) is 0 Å². The van der Waals surface area contributed by atoms with Gasteiger partial charge in [-0.3, -0.25) is 9.78 Å². The molecule has 2 aliphatic rings. The van der Waals surface area contributed by atoms with Crippen LogP contribution in [0, 0.1) is 17.3 Å². The molecule has 2 aliphatic heterocycles. The molecule has 1 aromatic heterocycles. The minimum absolute atomic E-state index is 0.149. The second-order valence-corrected chi connectivity index (χ2v) is 8.63. The van der Waals surface area contributed by atoms with Crippen LogP contribution in [0.15, 0.2) is 24.4 Å². The van der Waals surface area contributed by atoms with E-state index in [1.165, 1.54) is 13.0 Å². The van der Waals surface area contributed by atoms with Crippen molar-refractivity contribution >= 4 is 5.78 Å². The summed E-state index contributed by atoms with van der Waals surface area (Å²) in [7, 11) is 0. The molecule has 0 spiro atoms. The molecular weight excluding hydrogens is 324 g/mol. The number of aromatic nitrogens is 1. The standard InChI is InChI=1S/C22H34N2O2/c1-17(2)7-12-24-13-8-19(9-14-24)22(10-15-26-18(3)16-22)21(25)20-6-4-5-11-23-20/h4-6,11,17-19H,7-10,12-16H2,1-3H3/t18-,22+/m0/s1. The largest absolute Gasteiger partial charge is 0.378 e. The van der Waals surface area contributed by atoms with Gasteiger partial charge in [-0.2, -0.15) is 0 Å². The number of ketones is 1. The minimum atomic E-state index is -0.295. The first kappa shape index (κ1) is 19.5. The third-order valence-corrected chi connectivity index (χ3v) is 6.34. The first-order valence-corrected chi connectivity index (χ1v) is 10.3. The zero-order valence-corrected chi connectivity index (χ0v) is 16.6. The molecule has 0 aliphatic carbocycles. The lowest BCUT2D eigenvalue weighted by molar-refractivity contribution is -0.0592. The van der Waals surface area contributed by atoms with E-state index in [9.17, 15) is 4.79 Å². The molecule has 1 aromatic rings. The van der Waals surface area contributed by atoms with Crippen LogP contribution in [0.1, 0.15) is 63.4 Å². The monoisotopic (exact) mass is 358 g/mol. The predicted molar refractivity (Wildman–Crippen MR) is 104 cm³/mol. The number of rotatable bonds is 6. The van der Waals surface area contributed by atoms with E-state index >= 15 is 0 Å². The van der Waals surface area contributed by atoms with Gasteiger partial charge in [-0.15, -0.1) is 0 Å². The molecule has 3 heterocycles. The smallest absolute Gasteiger partial charge is 0.187 e. The first-order valence-electron chi connectivity index (χ1n) is 10.3. The molecule has 2 atom stereocenters. The number of pyridine rings is 1. The molecule has 0 bridgehead atoms. The van der Waals surface area contributed by atoms with E-state index in [0.717, 1.165) is 44.7 Å². The fourth-order valence-electron chi connectivity index (χ4n) is 4.78. The van der Waals surface area contributed by atoms with Crippen LogP contribution in [0.3, 0.4) is 0 Å². The van der Waals surface area contributed by atoms with E-state index in [-0.39, 0.29) is 17.3 Å². The molecule has 4 nitrogen and oxygen atoms in total. The maximum atomic E-state index is 13.5. The number of hydrogen-bond acceptors (Lipinski definition) is 4. The molecule has 0 saturated carbocycles. The number of ether oxygens (including phenoxy) is 1. The quantitative estimate of drug-likeness (QED) is 0.715. The molecule has 144 valence electrons. The molecule has 0 aromatic carbocycles. The van der Waals surface area contributed by atoms with Crippen LogP contribution in [0.2, 0.25) is 0 Å². The zero-order chi connectivity index (χ0) is 18.6. The Bertz CT molecular complexity index is 581. The average molecular weight is 359 g/mol. The Hall–Kier alpha value is -1.26. The Balaban J connectivity index is 1.74. The summed E-state index contributed by atoms with van der Waals surface area (Å²) < 4.78 is 5.81. The zero-order valence-electron chi connectivity index (χ0n) is 16.6. The van der Waals surface area contributed by atoms with Crippen LogP contribution < -0.4 is 0 Å². The second-order valence-electron chi connectivity index (χ2n) is 8.63. The van der Waals surface area contributed by atoms with Gasteiger partial charge in [0.05, 0.1) is 6.10 Å². The SMILES string of the molecule is CC(C)CCN1CCC([C@@]2(C(=O)c3ccccn3)CCO[C@@H](C)C2)CC1. The van der Waals surface area contributed by atoms with Gasteiger partial charge in [0.2, 0.25) is 0 Å². The van der Waals surface area contributed by atoms with Crippen molar-refractivity contribution in [3.05, 3.63) is 30.1 Å². The molecule has 0 N–H and O–H groups in total. The summed E-state index contributed by atoms with van der Waals surface area (Å²) in [4.78, 5) is 20.5. The normalized spacial score (nSPS) is 28.4.